The number of hydrogen-bond acceptors (Lipinski definition) is 16. The third-order valence-corrected chi connectivity index (χ3v) is 19.5. The minimum atomic E-state index is -1.74. The standard InChI is InChI=1S/C48H82O16/c1-22-31(50)34(53)36(55)40(58-22)62-38-33(52)26(21-49)60-42(39(38)63-41-37(56)35(54)32(51)23(2)59-41)61-29-15-17-45(7)27(43(29,3)4)14-19-47(9)28(45)12-11-24-25(13-18-46(24,47)8)48(10)20-16-30(64-48)44(5,6)57/h22-42,49-57H,11-21H2,1-10H3/t22-,23-,24+,25-,26+,27+,28+,29-,30+,31-,32-,33+,34+,35+,36+,37+,38-,39+,40-,41-,42-,45-,46+,47+,48-/m0/s1. The van der Waals surface area contributed by atoms with Crippen LogP contribution in [0.2, 0.25) is 0 Å². The smallest absolute Gasteiger partial charge is 0.187 e. The van der Waals surface area contributed by atoms with Crippen LogP contribution in [-0.2, 0) is 33.2 Å². The van der Waals surface area contributed by atoms with E-state index in [0.717, 1.165) is 57.8 Å². The normalized spacial score (nSPS) is 56.6. The quantitative estimate of drug-likeness (QED) is 0.151. The molecule has 25 atom stereocenters. The Kier molecular flexibility index (Phi) is 13.5. The second kappa shape index (κ2) is 17.3. The molecule has 8 fully saturated rings. The number of aliphatic hydroxyl groups excluding tert-OH is 8. The van der Waals surface area contributed by atoms with Crippen LogP contribution in [0.5, 0.6) is 0 Å². The molecule has 0 radical (unpaired) electrons. The van der Waals surface area contributed by atoms with Crippen LogP contribution in [0.25, 0.3) is 0 Å². The molecule has 0 amide bonds. The first-order chi connectivity index (χ1) is 29.7. The van der Waals surface area contributed by atoms with E-state index in [1.54, 1.807) is 0 Å². The van der Waals surface area contributed by atoms with Gasteiger partial charge in [0.05, 0.1) is 42.2 Å². The van der Waals surface area contributed by atoms with Gasteiger partial charge in [0, 0.05) is 0 Å². The fraction of sp³-hybridized carbons (Fsp3) is 1.00. The summed E-state index contributed by atoms with van der Waals surface area (Å²) < 4.78 is 44.4. The monoisotopic (exact) mass is 915 g/mol. The first kappa shape index (κ1) is 49.8. The summed E-state index contributed by atoms with van der Waals surface area (Å²) in [6, 6.07) is 0. The summed E-state index contributed by atoms with van der Waals surface area (Å²) in [4.78, 5) is 0. The molecule has 4 aliphatic heterocycles. The summed E-state index contributed by atoms with van der Waals surface area (Å²) in [5.74, 6) is 1.71. The van der Waals surface area contributed by atoms with Gasteiger partial charge in [-0.25, -0.2) is 0 Å². The van der Waals surface area contributed by atoms with Crippen molar-refractivity contribution in [3.05, 3.63) is 0 Å². The minimum Gasteiger partial charge on any atom is -0.394 e. The first-order valence-corrected chi connectivity index (χ1v) is 24.4. The van der Waals surface area contributed by atoms with Gasteiger partial charge in [-0.1, -0.05) is 34.6 Å². The highest BCUT2D eigenvalue weighted by Gasteiger charge is 2.70. The van der Waals surface area contributed by atoms with Gasteiger partial charge in [-0.2, -0.15) is 0 Å². The highest BCUT2D eigenvalue weighted by atomic mass is 16.8. The number of aliphatic hydroxyl groups is 9. The zero-order valence-corrected chi connectivity index (χ0v) is 39.8. The van der Waals surface area contributed by atoms with Gasteiger partial charge in [-0.05, 0) is 144 Å². The van der Waals surface area contributed by atoms with Crippen molar-refractivity contribution in [3.8, 4) is 0 Å². The van der Waals surface area contributed by atoms with E-state index in [4.69, 9.17) is 33.2 Å². The van der Waals surface area contributed by atoms with Gasteiger partial charge in [-0.15, -0.1) is 0 Å². The van der Waals surface area contributed by atoms with Crippen LogP contribution in [0.1, 0.15) is 133 Å². The van der Waals surface area contributed by atoms with E-state index in [2.05, 4.69) is 41.5 Å². The van der Waals surface area contributed by atoms with Crippen LogP contribution in [0.4, 0.5) is 0 Å². The van der Waals surface area contributed by atoms with Crippen LogP contribution in [0, 0.1) is 45.3 Å². The molecule has 4 saturated carbocycles. The Morgan fingerprint density at radius 1 is 0.547 bits per heavy atom. The van der Waals surface area contributed by atoms with E-state index in [0.29, 0.717) is 24.2 Å². The van der Waals surface area contributed by atoms with Gasteiger partial charge >= 0.3 is 0 Å². The van der Waals surface area contributed by atoms with Gasteiger partial charge in [-0.3, -0.25) is 0 Å². The maximum Gasteiger partial charge on any atom is 0.187 e. The molecular weight excluding hydrogens is 833 g/mol. The maximum absolute atomic E-state index is 11.7. The van der Waals surface area contributed by atoms with Crippen LogP contribution < -0.4 is 0 Å². The van der Waals surface area contributed by atoms with Crippen molar-refractivity contribution in [2.24, 2.45) is 45.3 Å². The molecule has 0 spiro atoms. The molecule has 0 unspecified atom stereocenters. The summed E-state index contributed by atoms with van der Waals surface area (Å²) in [7, 11) is 0. The summed E-state index contributed by atoms with van der Waals surface area (Å²) in [6.45, 7) is 20.5. The first-order valence-electron chi connectivity index (χ1n) is 24.4. The maximum atomic E-state index is 11.7. The zero-order chi connectivity index (χ0) is 46.9. The molecule has 8 aliphatic rings. The summed E-state index contributed by atoms with van der Waals surface area (Å²) in [6.07, 6.45) is -12.4. The molecule has 370 valence electrons. The van der Waals surface area contributed by atoms with Gasteiger partial charge in [0.25, 0.3) is 0 Å². The van der Waals surface area contributed by atoms with Crippen molar-refractivity contribution in [2.45, 2.75) is 249 Å². The fourth-order valence-corrected chi connectivity index (χ4v) is 15.5. The zero-order valence-electron chi connectivity index (χ0n) is 39.8. The predicted octanol–water partition coefficient (Wildman–Crippen LogP) is 2.27. The van der Waals surface area contributed by atoms with Crippen LogP contribution in [0.3, 0.4) is 0 Å². The summed E-state index contributed by atoms with van der Waals surface area (Å²) in [5.41, 5.74) is -1.31. The van der Waals surface area contributed by atoms with Crippen molar-refractivity contribution in [2.75, 3.05) is 6.61 Å². The number of ether oxygens (including phenoxy) is 7. The van der Waals surface area contributed by atoms with E-state index in [-0.39, 0.29) is 33.9 Å². The van der Waals surface area contributed by atoms with E-state index >= 15 is 0 Å². The number of rotatable bonds is 9. The Bertz CT molecular complexity index is 1650. The van der Waals surface area contributed by atoms with Crippen molar-refractivity contribution < 1.29 is 79.1 Å². The Labute approximate surface area is 379 Å². The lowest BCUT2D eigenvalue weighted by Crippen LogP contribution is -2.68. The highest BCUT2D eigenvalue weighted by molar-refractivity contribution is 5.19. The van der Waals surface area contributed by atoms with E-state index in [9.17, 15) is 46.0 Å². The SMILES string of the molecule is C[C@@H]1O[C@@H](O[C@H]2[C@H](O[C@H]3CC[C@@]4(C)[C@H](CC[C@]5(C)[C@@H]4CC[C@@H]4[C@@H]([C@]6(C)CC[C@H](C(C)(C)O)O6)CC[C@]45C)C3(C)C)O[C@H](CO)[C@@H](O)[C@@H]2O[C@@H]2O[C@@H](C)[C@H](O)[C@@H](O)[C@H]2O)[C@H](O)[C@H](O)[C@H]1O. The molecule has 64 heavy (non-hydrogen) atoms. The average molecular weight is 915 g/mol. The van der Waals surface area contributed by atoms with E-state index in [1.165, 1.54) is 13.8 Å². The van der Waals surface area contributed by atoms with Crippen LogP contribution >= 0.6 is 0 Å². The summed E-state index contributed by atoms with van der Waals surface area (Å²) in [5, 5.41) is 97.5. The van der Waals surface area contributed by atoms with E-state index in [1.807, 2.05) is 13.8 Å². The second-order valence-corrected chi connectivity index (χ2v) is 23.7. The molecule has 16 nitrogen and oxygen atoms in total. The van der Waals surface area contributed by atoms with Crippen molar-refractivity contribution in [1.82, 2.24) is 0 Å². The molecule has 4 heterocycles. The third-order valence-electron chi connectivity index (χ3n) is 19.5. The molecule has 0 aromatic rings. The molecule has 4 saturated heterocycles. The van der Waals surface area contributed by atoms with Gasteiger partial charge < -0.3 is 79.1 Å². The number of hydrogen-bond donors (Lipinski definition) is 9. The van der Waals surface area contributed by atoms with Crippen LogP contribution in [-0.4, -0.2) is 168 Å². The Morgan fingerprint density at radius 2 is 1.12 bits per heavy atom. The molecule has 9 N–H and O–H groups in total. The third kappa shape index (κ3) is 7.89. The van der Waals surface area contributed by atoms with Crippen molar-refractivity contribution in [1.29, 1.82) is 0 Å². The van der Waals surface area contributed by atoms with Gasteiger partial charge in [0.15, 0.2) is 18.9 Å². The molecule has 0 bridgehead atoms. The van der Waals surface area contributed by atoms with Crippen LogP contribution in [0.15, 0.2) is 0 Å². The van der Waals surface area contributed by atoms with Gasteiger partial charge in [0.1, 0.15) is 61.0 Å². The van der Waals surface area contributed by atoms with Crippen molar-refractivity contribution >= 4 is 0 Å². The number of fused-ring (bicyclic) bond motifs is 5. The average Bonchev–Trinajstić information content (AvgIpc) is 3.82. The lowest BCUT2D eigenvalue weighted by molar-refractivity contribution is -0.397. The fourth-order valence-electron chi connectivity index (χ4n) is 15.5. The Morgan fingerprint density at radius 3 is 1.69 bits per heavy atom. The Balaban J connectivity index is 1.05. The lowest BCUT2D eigenvalue weighted by Gasteiger charge is -2.70. The van der Waals surface area contributed by atoms with E-state index < -0.39 is 116 Å². The summed E-state index contributed by atoms with van der Waals surface area (Å²) >= 11 is 0. The Hall–Kier alpha value is -0.640. The minimum absolute atomic E-state index is 0.00922. The molecule has 0 aromatic heterocycles. The highest BCUT2D eigenvalue weighted by Crippen LogP contribution is 2.76. The molecule has 8 rings (SSSR count). The van der Waals surface area contributed by atoms with Gasteiger partial charge in [0.2, 0.25) is 0 Å². The predicted molar refractivity (Wildman–Crippen MR) is 229 cm³/mol. The second-order valence-electron chi connectivity index (χ2n) is 23.7. The molecular formula is C48H82O16. The molecule has 16 heteroatoms. The lowest BCUT2D eigenvalue weighted by atomic mass is 9.35. The molecule has 4 aliphatic carbocycles. The largest absolute Gasteiger partial charge is 0.394 e. The van der Waals surface area contributed by atoms with Crippen molar-refractivity contribution in [3.63, 3.8) is 0 Å². The molecule has 0 aromatic carbocycles. The topological polar surface area (TPSA) is 247 Å².